The van der Waals surface area contributed by atoms with Gasteiger partial charge in [-0.05, 0) is 48.5 Å². The van der Waals surface area contributed by atoms with Gasteiger partial charge < -0.3 is 5.32 Å². The molecule has 0 aromatic heterocycles. The van der Waals surface area contributed by atoms with Gasteiger partial charge in [0.25, 0.3) is 5.91 Å². The number of amides is 1. The molecule has 0 radical (unpaired) electrons. The van der Waals surface area contributed by atoms with Crippen LogP contribution in [0.5, 0.6) is 0 Å². The highest BCUT2D eigenvalue weighted by Crippen LogP contribution is 2.14. The van der Waals surface area contributed by atoms with Crippen LogP contribution in [0.25, 0.3) is 0 Å². The molecule has 0 aliphatic rings. The summed E-state index contributed by atoms with van der Waals surface area (Å²) in [6.07, 6.45) is 0. The summed E-state index contributed by atoms with van der Waals surface area (Å²) in [5.74, 6) is -0.386. The third-order valence-electron chi connectivity index (χ3n) is 2.67. The molecule has 3 N–H and O–H groups in total. The molecular weight excluding hydrogens is 306 g/mol. The van der Waals surface area contributed by atoms with Gasteiger partial charge in [-0.2, -0.15) is 13.7 Å². The predicted octanol–water partition coefficient (Wildman–Crippen LogP) is 2.03. The molecule has 22 heavy (non-hydrogen) atoms. The van der Waals surface area contributed by atoms with Crippen LogP contribution in [-0.2, 0) is 10.3 Å². The van der Waals surface area contributed by atoms with Crippen molar-refractivity contribution in [1.29, 1.82) is 5.26 Å². The Bertz CT molecular complexity index is 822. The minimum absolute atomic E-state index is 0.137. The molecule has 2 aromatic carbocycles. The normalized spacial score (nSPS) is 10.5. The maximum atomic E-state index is 12.0. The molecule has 8 heteroatoms. The second-order valence-corrected chi connectivity index (χ2v) is 5.45. The third-order valence-corrected chi connectivity index (χ3v) is 3.16. The molecule has 0 spiro atoms. The summed E-state index contributed by atoms with van der Waals surface area (Å²) >= 11 is 0. The molecule has 7 nitrogen and oxygen atoms in total. The molecule has 0 aliphatic heterocycles. The van der Waals surface area contributed by atoms with Crippen LogP contribution >= 0.6 is 0 Å². The van der Waals surface area contributed by atoms with Crippen molar-refractivity contribution in [1.82, 2.24) is 0 Å². The Hall–Kier alpha value is -2.89. The largest absolute Gasteiger partial charge is 0.357 e. The van der Waals surface area contributed by atoms with E-state index in [1.165, 1.54) is 24.3 Å². The smallest absolute Gasteiger partial charge is 0.322 e. The standard InChI is InChI=1S/C14H11N3O4S/c15-9-10-1-5-12(6-2-10)16-14(18)11-3-7-13(8-4-11)17-22(19,20)21/h1-8,17H,(H,16,18)(H,19,20,21). The Kier molecular flexibility index (Phi) is 4.41. The average Bonchev–Trinajstić information content (AvgIpc) is 2.47. The quantitative estimate of drug-likeness (QED) is 0.745. The van der Waals surface area contributed by atoms with E-state index >= 15 is 0 Å². The van der Waals surface area contributed by atoms with Crippen LogP contribution in [0.4, 0.5) is 11.4 Å². The highest BCUT2D eigenvalue weighted by molar-refractivity contribution is 7.87. The Labute approximate surface area is 127 Å². The van der Waals surface area contributed by atoms with Crippen LogP contribution in [0.15, 0.2) is 48.5 Å². The van der Waals surface area contributed by atoms with Crippen molar-refractivity contribution in [3.05, 3.63) is 59.7 Å². The van der Waals surface area contributed by atoms with Gasteiger partial charge in [-0.3, -0.25) is 14.1 Å². The summed E-state index contributed by atoms with van der Waals surface area (Å²) in [5, 5.41) is 11.3. The first-order valence-corrected chi connectivity index (χ1v) is 7.48. The van der Waals surface area contributed by atoms with Crippen molar-refractivity contribution >= 4 is 27.6 Å². The van der Waals surface area contributed by atoms with Gasteiger partial charge in [-0.1, -0.05) is 0 Å². The maximum absolute atomic E-state index is 12.0. The first kappa shape index (κ1) is 15.5. The van der Waals surface area contributed by atoms with E-state index in [9.17, 15) is 13.2 Å². The zero-order chi connectivity index (χ0) is 16.2. The van der Waals surface area contributed by atoms with Crippen LogP contribution < -0.4 is 10.0 Å². The van der Waals surface area contributed by atoms with Gasteiger partial charge >= 0.3 is 10.3 Å². The fraction of sp³-hybridized carbons (Fsp3) is 0. The minimum atomic E-state index is -4.34. The number of carbonyl (C=O) groups excluding carboxylic acids is 1. The molecule has 0 atom stereocenters. The lowest BCUT2D eigenvalue weighted by Crippen LogP contribution is -2.13. The van der Waals surface area contributed by atoms with Crippen molar-refractivity contribution < 1.29 is 17.8 Å². The van der Waals surface area contributed by atoms with E-state index in [0.717, 1.165) is 0 Å². The lowest BCUT2D eigenvalue weighted by atomic mass is 10.2. The molecule has 0 heterocycles. The number of nitrogens with zero attached hydrogens (tertiary/aromatic N) is 1. The number of nitriles is 1. The van der Waals surface area contributed by atoms with E-state index in [4.69, 9.17) is 9.81 Å². The van der Waals surface area contributed by atoms with E-state index in [1.54, 1.807) is 24.3 Å². The Morgan fingerprint density at radius 3 is 2.05 bits per heavy atom. The number of anilines is 2. The van der Waals surface area contributed by atoms with Gasteiger partial charge in [0.15, 0.2) is 0 Å². The fourth-order valence-electron chi connectivity index (χ4n) is 1.67. The van der Waals surface area contributed by atoms with Crippen LogP contribution in [0.2, 0.25) is 0 Å². The second-order valence-electron chi connectivity index (χ2n) is 4.30. The summed E-state index contributed by atoms with van der Waals surface area (Å²) < 4.78 is 31.8. The number of hydrogen-bond acceptors (Lipinski definition) is 4. The molecule has 0 aliphatic carbocycles. The van der Waals surface area contributed by atoms with Crippen LogP contribution in [0.3, 0.4) is 0 Å². The Balaban J connectivity index is 2.07. The topological polar surface area (TPSA) is 119 Å². The molecule has 2 aromatic rings. The minimum Gasteiger partial charge on any atom is -0.322 e. The average molecular weight is 317 g/mol. The monoisotopic (exact) mass is 317 g/mol. The van der Waals surface area contributed by atoms with Crippen molar-refractivity contribution in [3.63, 3.8) is 0 Å². The molecule has 112 valence electrons. The van der Waals surface area contributed by atoms with Gasteiger partial charge in [-0.15, -0.1) is 0 Å². The maximum Gasteiger partial charge on any atom is 0.357 e. The van der Waals surface area contributed by atoms with Gasteiger partial charge in [0, 0.05) is 11.3 Å². The predicted molar refractivity (Wildman–Crippen MR) is 80.7 cm³/mol. The third kappa shape index (κ3) is 4.31. The van der Waals surface area contributed by atoms with Gasteiger partial charge in [0.1, 0.15) is 0 Å². The number of carbonyl (C=O) groups is 1. The van der Waals surface area contributed by atoms with Gasteiger partial charge in [-0.25, -0.2) is 0 Å². The summed E-state index contributed by atoms with van der Waals surface area (Å²) in [4.78, 5) is 12.0. The van der Waals surface area contributed by atoms with Crippen molar-refractivity contribution in [3.8, 4) is 6.07 Å². The number of nitrogens with one attached hydrogen (secondary N) is 2. The highest BCUT2D eigenvalue weighted by Gasteiger charge is 2.08. The van der Waals surface area contributed by atoms with Gasteiger partial charge in [0.05, 0.1) is 17.3 Å². The van der Waals surface area contributed by atoms with E-state index in [-0.39, 0.29) is 11.6 Å². The Morgan fingerprint density at radius 2 is 1.55 bits per heavy atom. The molecule has 0 saturated carbocycles. The lowest BCUT2D eigenvalue weighted by molar-refractivity contribution is 0.102. The van der Waals surface area contributed by atoms with E-state index in [2.05, 4.69) is 5.32 Å². The first-order chi connectivity index (χ1) is 10.4. The molecule has 2 rings (SSSR count). The molecule has 0 unspecified atom stereocenters. The molecule has 1 amide bonds. The number of rotatable bonds is 4. The van der Waals surface area contributed by atoms with E-state index in [0.29, 0.717) is 16.8 Å². The molecule has 0 saturated heterocycles. The molecular formula is C14H11N3O4S. The molecule has 0 fully saturated rings. The van der Waals surface area contributed by atoms with Crippen LogP contribution in [0.1, 0.15) is 15.9 Å². The fourth-order valence-corrected chi connectivity index (χ4v) is 2.10. The Morgan fingerprint density at radius 1 is 1.00 bits per heavy atom. The van der Waals surface area contributed by atoms with E-state index < -0.39 is 10.3 Å². The zero-order valence-corrected chi connectivity index (χ0v) is 12.0. The van der Waals surface area contributed by atoms with Crippen molar-refractivity contribution in [2.24, 2.45) is 0 Å². The van der Waals surface area contributed by atoms with Gasteiger partial charge in [0.2, 0.25) is 0 Å². The highest BCUT2D eigenvalue weighted by atomic mass is 32.2. The summed E-state index contributed by atoms with van der Waals surface area (Å²) in [6.45, 7) is 0. The van der Waals surface area contributed by atoms with Crippen molar-refractivity contribution in [2.75, 3.05) is 10.0 Å². The van der Waals surface area contributed by atoms with Crippen molar-refractivity contribution in [2.45, 2.75) is 0 Å². The summed E-state index contributed by atoms with van der Waals surface area (Å²) in [7, 11) is -4.34. The number of benzene rings is 2. The second kappa shape index (κ2) is 6.26. The SMILES string of the molecule is N#Cc1ccc(NC(=O)c2ccc(NS(=O)(=O)O)cc2)cc1. The lowest BCUT2D eigenvalue weighted by Gasteiger charge is -2.06. The van der Waals surface area contributed by atoms with Crippen LogP contribution in [-0.4, -0.2) is 18.9 Å². The molecule has 0 bridgehead atoms. The van der Waals surface area contributed by atoms with E-state index in [1.807, 2.05) is 10.8 Å². The number of hydrogen-bond donors (Lipinski definition) is 3. The van der Waals surface area contributed by atoms with Crippen LogP contribution in [0, 0.1) is 11.3 Å². The summed E-state index contributed by atoms with van der Waals surface area (Å²) in [6, 6.07) is 13.9. The zero-order valence-electron chi connectivity index (χ0n) is 11.1. The summed E-state index contributed by atoms with van der Waals surface area (Å²) in [5.41, 5.74) is 1.46. The first-order valence-electron chi connectivity index (χ1n) is 6.04.